The van der Waals surface area contributed by atoms with Gasteiger partial charge in [0.25, 0.3) is 0 Å². The molecule has 134 valence electrons. The molecule has 26 heavy (non-hydrogen) atoms. The van der Waals surface area contributed by atoms with Gasteiger partial charge in [0.05, 0.1) is 12.3 Å². The molecule has 0 aliphatic carbocycles. The first kappa shape index (κ1) is 17.4. The Morgan fingerprint density at radius 2 is 1.96 bits per heavy atom. The molecule has 0 amide bonds. The third-order valence-electron chi connectivity index (χ3n) is 3.70. The molecule has 0 atom stereocenters. The number of hydrogen-bond acceptors (Lipinski definition) is 7. The molecule has 8 heteroatoms. The highest BCUT2D eigenvalue weighted by Gasteiger charge is 2.21. The number of esters is 1. The van der Waals surface area contributed by atoms with Crippen LogP contribution in [-0.2, 0) is 4.74 Å². The van der Waals surface area contributed by atoms with Gasteiger partial charge in [-0.25, -0.2) is 9.78 Å². The number of carbonyl (C=O) groups is 1. The van der Waals surface area contributed by atoms with Crippen molar-refractivity contribution in [3.63, 3.8) is 0 Å². The second-order valence-corrected chi connectivity index (χ2v) is 5.70. The van der Waals surface area contributed by atoms with E-state index in [0.717, 1.165) is 5.69 Å². The fourth-order valence-electron chi connectivity index (χ4n) is 2.40. The third kappa shape index (κ3) is 3.34. The third-order valence-corrected chi connectivity index (χ3v) is 3.70. The Morgan fingerprint density at radius 3 is 2.62 bits per heavy atom. The van der Waals surface area contributed by atoms with E-state index in [1.807, 2.05) is 43.3 Å². The second kappa shape index (κ2) is 7.22. The number of aromatic hydroxyl groups is 1. The van der Waals surface area contributed by atoms with E-state index in [4.69, 9.17) is 4.74 Å². The number of nitrogens with zero attached hydrogens (tertiary/aromatic N) is 5. The normalized spacial score (nSPS) is 11.2. The van der Waals surface area contributed by atoms with Gasteiger partial charge >= 0.3 is 5.97 Å². The van der Waals surface area contributed by atoms with Gasteiger partial charge < -0.3 is 14.7 Å². The summed E-state index contributed by atoms with van der Waals surface area (Å²) in [5.41, 5.74) is 1.88. The number of ether oxygens (including phenoxy) is 1. The van der Waals surface area contributed by atoms with Crippen molar-refractivity contribution in [3.05, 3.63) is 48.3 Å². The summed E-state index contributed by atoms with van der Waals surface area (Å²) in [6.45, 7) is 1.92. The van der Waals surface area contributed by atoms with Crippen molar-refractivity contribution in [2.24, 2.45) is 10.2 Å². The smallest absolute Gasteiger partial charge is 0.360 e. The predicted molar refractivity (Wildman–Crippen MR) is 97.8 cm³/mol. The van der Waals surface area contributed by atoms with Crippen molar-refractivity contribution in [1.29, 1.82) is 0 Å². The number of hydrogen-bond donors (Lipinski definition) is 1. The van der Waals surface area contributed by atoms with Gasteiger partial charge in [0, 0.05) is 26.0 Å². The summed E-state index contributed by atoms with van der Waals surface area (Å²) in [7, 11) is 3.90. The summed E-state index contributed by atoms with van der Waals surface area (Å²) in [6, 6.07) is 10.6. The molecule has 0 spiro atoms. The van der Waals surface area contributed by atoms with Crippen LogP contribution in [0.15, 0.2) is 52.8 Å². The van der Waals surface area contributed by atoms with Gasteiger partial charge in [-0.3, -0.25) is 4.40 Å². The monoisotopic (exact) mass is 353 g/mol. The molecule has 0 saturated heterocycles. The summed E-state index contributed by atoms with van der Waals surface area (Å²) in [6.07, 6.45) is 1.65. The summed E-state index contributed by atoms with van der Waals surface area (Å²) in [4.78, 5) is 18.3. The number of azo groups is 1. The summed E-state index contributed by atoms with van der Waals surface area (Å²) in [5.74, 6) is -0.478. The van der Waals surface area contributed by atoms with Crippen molar-refractivity contribution in [1.82, 2.24) is 9.38 Å². The van der Waals surface area contributed by atoms with E-state index in [-0.39, 0.29) is 29.5 Å². The highest BCUT2D eigenvalue weighted by atomic mass is 16.5. The minimum absolute atomic E-state index is 0.00186. The van der Waals surface area contributed by atoms with Crippen LogP contribution in [0.4, 0.5) is 17.2 Å². The molecular weight excluding hydrogens is 334 g/mol. The maximum absolute atomic E-state index is 12.2. The number of fused-ring (bicyclic) bond motifs is 1. The molecule has 0 fully saturated rings. The first-order chi connectivity index (χ1) is 12.5. The molecule has 0 bridgehead atoms. The van der Waals surface area contributed by atoms with Gasteiger partial charge in [-0.2, -0.15) is 0 Å². The average Bonchev–Trinajstić information content (AvgIpc) is 3.00. The van der Waals surface area contributed by atoms with Crippen LogP contribution in [0.2, 0.25) is 0 Å². The Balaban J connectivity index is 2.03. The SMILES string of the molecule is CCOC(=O)c1nc2c(O)cccn2c1N=Nc1ccc(N(C)C)cc1. The van der Waals surface area contributed by atoms with Crippen LogP contribution in [0.5, 0.6) is 5.75 Å². The van der Waals surface area contributed by atoms with Crippen molar-refractivity contribution in [2.75, 3.05) is 25.6 Å². The lowest BCUT2D eigenvalue weighted by atomic mass is 10.3. The predicted octanol–water partition coefficient (Wildman–Crippen LogP) is 3.70. The molecule has 1 aromatic carbocycles. The summed E-state index contributed by atoms with van der Waals surface area (Å²) in [5, 5.41) is 18.3. The van der Waals surface area contributed by atoms with E-state index < -0.39 is 5.97 Å². The van der Waals surface area contributed by atoms with Crippen molar-refractivity contribution < 1.29 is 14.6 Å². The summed E-state index contributed by atoms with van der Waals surface area (Å²) < 4.78 is 6.53. The minimum atomic E-state index is -0.618. The van der Waals surface area contributed by atoms with Crippen LogP contribution in [0.25, 0.3) is 5.65 Å². The fraction of sp³-hybridized carbons (Fsp3) is 0.222. The van der Waals surface area contributed by atoms with Gasteiger partial charge in [0.2, 0.25) is 0 Å². The quantitative estimate of drug-likeness (QED) is 0.558. The lowest BCUT2D eigenvalue weighted by Gasteiger charge is -2.11. The highest BCUT2D eigenvalue weighted by Crippen LogP contribution is 2.29. The van der Waals surface area contributed by atoms with E-state index in [2.05, 4.69) is 15.2 Å². The second-order valence-electron chi connectivity index (χ2n) is 5.70. The lowest BCUT2D eigenvalue weighted by molar-refractivity contribution is 0.0521. The van der Waals surface area contributed by atoms with Gasteiger partial charge in [-0.15, -0.1) is 10.2 Å². The van der Waals surface area contributed by atoms with Crippen molar-refractivity contribution >= 4 is 28.8 Å². The van der Waals surface area contributed by atoms with E-state index in [1.54, 1.807) is 19.2 Å². The van der Waals surface area contributed by atoms with Crippen molar-refractivity contribution in [3.8, 4) is 5.75 Å². The molecule has 2 aromatic heterocycles. The Labute approximate surface area is 150 Å². The van der Waals surface area contributed by atoms with Gasteiger partial charge in [0.15, 0.2) is 22.9 Å². The Morgan fingerprint density at radius 1 is 1.23 bits per heavy atom. The van der Waals surface area contributed by atoms with Crippen LogP contribution in [0.3, 0.4) is 0 Å². The number of anilines is 1. The Hall–Kier alpha value is -3.42. The molecule has 0 aliphatic heterocycles. The van der Waals surface area contributed by atoms with Crippen LogP contribution in [0, 0.1) is 0 Å². The van der Waals surface area contributed by atoms with E-state index in [0.29, 0.717) is 5.69 Å². The summed E-state index contributed by atoms with van der Waals surface area (Å²) >= 11 is 0. The molecule has 0 aliphatic rings. The first-order valence-corrected chi connectivity index (χ1v) is 8.07. The van der Waals surface area contributed by atoms with E-state index in [9.17, 15) is 9.90 Å². The molecule has 0 unspecified atom stereocenters. The Kier molecular flexibility index (Phi) is 4.83. The van der Waals surface area contributed by atoms with E-state index >= 15 is 0 Å². The van der Waals surface area contributed by atoms with Gasteiger partial charge in [0.1, 0.15) is 0 Å². The van der Waals surface area contributed by atoms with Gasteiger partial charge in [-0.05, 0) is 43.3 Å². The number of carbonyl (C=O) groups excluding carboxylic acids is 1. The van der Waals surface area contributed by atoms with E-state index in [1.165, 1.54) is 10.5 Å². The molecular formula is C18H19N5O3. The molecule has 0 saturated carbocycles. The lowest BCUT2D eigenvalue weighted by Crippen LogP contribution is -2.07. The number of pyridine rings is 1. The number of rotatable bonds is 5. The van der Waals surface area contributed by atoms with Crippen LogP contribution < -0.4 is 4.90 Å². The standard InChI is InChI=1S/C18H19N5O3/c1-4-26-18(25)15-17(23-11-5-6-14(24)16(23)19-15)21-20-12-7-9-13(10-8-12)22(2)3/h5-11,24H,4H2,1-3H3. The van der Waals surface area contributed by atoms with Crippen molar-refractivity contribution in [2.45, 2.75) is 6.92 Å². The zero-order valence-electron chi connectivity index (χ0n) is 14.7. The molecule has 0 radical (unpaired) electrons. The number of aromatic nitrogens is 2. The van der Waals surface area contributed by atoms with Crippen LogP contribution in [0.1, 0.15) is 17.4 Å². The maximum Gasteiger partial charge on any atom is 0.360 e. The zero-order chi connectivity index (χ0) is 18.7. The molecule has 2 heterocycles. The Bertz CT molecular complexity index is 961. The maximum atomic E-state index is 12.2. The minimum Gasteiger partial charge on any atom is -0.504 e. The molecule has 1 N–H and O–H groups in total. The zero-order valence-corrected chi connectivity index (χ0v) is 14.7. The highest BCUT2D eigenvalue weighted by molar-refractivity contribution is 5.93. The number of benzene rings is 1. The largest absolute Gasteiger partial charge is 0.504 e. The fourth-order valence-corrected chi connectivity index (χ4v) is 2.40. The van der Waals surface area contributed by atoms with Crippen LogP contribution in [-0.4, -0.2) is 41.2 Å². The molecule has 3 rings (SSSR count). The number of imidazole rings is 1. The first-order valence-electron chi connectivity index (χ1n) is 8.07. The molecule has 8 nitrogen and oxygen atoms in total. The average molecular weight is 353 g/mol. The molecule has 3 aromatic rings. The topological polar surface area (TPSA) is 91.8 Å². The van der Waals surface area contributed by atoms with Gasteiger partial charge in [-0.1, -0.05) is 0 Å². The van der Waals surface area contributed by atoms with Crippen LogP contribution >= 0.6 is 0 Å².